The second-order valence-corrected chi connectivity index (χ2v) is 4.79. The number of benzene rings is 1. The van der Waals surface area contributed by atoms with Gasteiger partial charge in [-0.2, -0.15) is 13.9 Å². The molecule has 1 aliphatic rings. The number of hydrogen-bond acceptors (Lipinski definition) is 5. The van der Waals surface area contributed by atoms with Crippen molar-refractivity contribution in [2.45, 2.75) is 25.7 Å². The normalized spacial score (nSPS) is 18.4. The van der Waals surface area contributed by atoms with Gasteiger partial charge in [-0.1, -0.05) is 11.6 Å². The molecule has 1 aromatic heterocycles. The number of hydrogen-bond donors (Lipinski definition) is 0. The molecule has 2 aromatic rings. The van der Waals surface area contributed by atoms with Crippen LogP contribution >= 0.6 is 11.6 Å². The lowest BCUT2D eigenvalue weighted by atomic mass is 10.1. The van der Waals surface area contributed by atoms with Crippen molar-refractivity contribution in [1.82, 2.24) is 10.2 Å². The molecule has 1 fully saturated rings. The van der Waals surface area contributed by atoms with Crippen molar-refractivity contribution in [1.29, 1.82) is 0 Å². The Hall–Kier alpha value is -1.73. The van der Waals surface area contributed by atoms with Crippen molar-refractivity contribution in [2.24, 2.45) is 0 Å². The van der Waals surface area contributed by atoms with E-state index in [9.17, 15) is 8.78 Å². The van der Waals surface area contributed by atoms with Crippen LogP contribution in [-0.4, -0.2) is 29.7 Å². The molecule has 0 saturated carbocycles. The second kappa shape index (κ2) is 5.95. The Morgan fingerprint density at radius 2 is 2.19 bits per heavy atom. The maximum Gasteiger partial charge on any atom is 0.387 e. The molecule has 1 saturated heterocycles. The molecule has 8 heteroatoms. The molecule has 0 bridgehead atoms. The standard InChI is InChI=1S/C13H11ClF2N2O3/c14-12-7-3-4-9(20-13(15)16)11(8(7)6-17-18-12)21-10-2-1-5-19-10/h3-4,6,10,13H,1-2,5H2. The Morgan fingerprint density at radius 1 is 1.33 bits per heavy atom. The molecule has 0 N–H and O–H groups in total. The molecule has 1 unspecified atom stereocenters. The van der Waals surface area contributed by atoms with E-state index in [0.29, 0.717) is 23.8 Å². The van der Waals surface area contributed by atoms with E-state index in [1.807, 2.05) is 0 Å². The Bertz CT molecular complexity index is 651. The fraction of sp³-hybridized carbons (Fsp3) is 0.385. The third-order valence-electron chi connectivity index (χ3n) is 3.07. The van der Waals surface area contributed by atoms with Gasteiger partial charge in [0.25, 0.3) is 0 Å². The minimum atomic E-state index is -2.96. The summed E-state index contributed by atoms with van der Waals surface area (Å²) in [5, 5.41) is 8.58. The summed E-state index contributed by atoms with van der Waals surface area (Å²) in [5.74, 6) is 0.0496. The summed E-state index contributed by atoms with van der Waals surface area (Å²) in [6.45, 7) is -2.39. The molecule has 1 aliphatic heterocycles. The van der Waals surface area contributed by atoms with Gasteiger partial charge in [0.05, 0.1) is 18.2 Å². The molecule has 21 heavy (non-hydrogen) atoms. The van der Waals surface area contributed by atoms with Gasteiger partial charge in [-0.3, -0.25) is 0 Å². The Labute approximate surface area is 123 Å². The van der Waals surface area contributed by atoms with E-state index < -0.39 is 12.9 Å². The smallest absolute Gasteiger partial charge is 0.387 e. The molecular weight excluding hydrogens is 306 g/mol. The summed E-state index contributed by atoms with van der Waals surface area (Å²) in [7, 11) is 0. The molecule has 112 valence electrons. The zero-order chi connectivity index (χ0) is 14.8. The number of rotatable bonds is 4. The van der Waals surface area contributed by atoms with Gasteiger partial charge in [-0.15, -0.1) is 5.10 Å². The molecule has 1 atom stereocenters. The third kappa shape index (κ3) is 2.98. The van der Waals surface area contributed by atoms with Gasteiger partial charge < -0.3 is 14.2 Å². The lowest BCUT2D eigenvalue weighted by Crippen LogP contribution is -2.15. The molecule has 0 radical (unpaired) electrons. The first-order chi connectivity index (χ1) is 10.1. The SMILES string of the molecule is FC(F)Oc1ccc2c(Cl)nncc2c1OC1CCCO1. The lowest BCUT2D eigenvalue weighted by molar-refractivity contribution is -0.0626. The summed E-state index contributed by atoms with van der Waals surface area (Å²) >= 11 is 5.95. The quantitative estimate of drug-likeness (QED) is 0.865. The summed E-state index contributed by atoms with van der Waals surface area (Å²) < 4.78 is 40.6. The van der Waals surface area contributed by atoms with E-state index in [2.05, 4.69) is 14.9 Å². The van der Waals surface area contributed by atoms with E-state index in [1.54, 1.807) is 0 Å². The van der Waals surface area contributed by atoms with E-state index in [1.165, 1.54) is 18.3 Å². The minimum Gasteiger partial charge on any atom is -0.460 e. The van der Waals surface area contributed by atoms with Crippen LogP contribution in [0.5, 0.6) is 11.5 Å². The summed E-state index contributed by atoms with van der Waals surface area (Å²) in [4.78, 5) is 0. The van der Waals surface area contributed by atoms with Crippen LogP contribution < -0.4 is 9.47 Å². The minimum absolute atomic E-state index is 0.0860. The van der Waals surface area contributed by atoms with Gasteiger partial charge >= 0.3 is 6.61 Å². The highest BCUT2D eigenvalue weighted by atomic mass is 35.5. The van der Waals surface area contributed by atoms with Gasteiger partial charge in [0.2, 0.25) is 0 Å². The predicted molar refractivity (Wildman–Crippen MR) is 70.8 cm³/mol. The van der Waals surface area contributed by atoms with Crippen molar-refractivity contribution >= 4 is 22.4 Å². The second-order valence-electron chi connectivity index (χ2n) is 4.43. The van der Waals surface area contributed by atoms with Crippen molar-refractivity contribution in [2.75, 3.05) is 6.61 Å². The van der Waals surface area contributed by atoms with Gasteiger partial charge in [0, 0.05) is 11.8 Å². The van der Waals surface area contributed by atoms with Crippen LogP contribution in [0.3, 0.4) is 0 Å². The molecule has 0 amide bonds. The predicted octanol–water partition coefficient (Wildman–Crippen LogP) is 3.40. The average molecular weight is 317 g/mol. The van der Waals surface area contributed by atoms with Crippen LogP contribution in [0.15, 0.2) is 18.3 Å². The highest BCUT2D eigenvalue weighted by molar-refractivity contribution is 6.34. The first-order valence-corrected chi connectivity index (χ1v) is 6.70. The molecule has 5 nitrogen and oxygen atoms in total. The maximum atomic E-state index is 12.5. The van der Waals surface area contributed by atoms with Crippen molar-refractivity contribution in [3.8, 4) is 11.5 Å². The monoisotopic (exact) mass is 316 g/mol. The van der Waals surface area contributed by atoms with E-state index in [4.69, 9.17) is 21.1 Å². The maximum absolute atomic E-state index is 12.5. The highest BCUT2D eigenvalue weighted by Gasteiger charge is 2.23. The fourth-order valence-electron chi connectivity index (χ4n) is 2.16. The average Bonchev–Trinajstić information content (AvgIpc) is 2.94. The fourth-order valence-corrected chi connectivity index (χ4v) is 2.37. The first kappa shape index (κ1) is 14.2. The molecule has 2 heterocycles. The Morgan fingerprint density at radius 3 is 2.90 bits per heavy atom. The van der Waals surface area contributed by atoms with Crippen molar-refractivity contribution in [3.63, 3.8) is 0 Å². The van der Waals surface area contributed by atoms with Crippen LogP contribution in [0.4, 0.5) is 8.78 Å². The van der Waals surface area contributed by atoms with Crippen LogP contribution in [0.25, 0.3) is 10.8 Å². The van der Waals surface area contributed by atoms with E-state index >= 15 is 0 Å². The third-order valence-corrected chi connectivity index (χ3v) is 3.35. The van der Waals surface area contributed by atoms with Crippen LogP contribution in [0.1, 0.15) is 12.8 Å². The number of aromatic nitrogens is 2. The van der Waals surface area contributed by atoms with E-state index in [0.717, 1.165) is 6.42 Å². The largest absolute Gasteiger partial charge is 0.460 e. The first-order valence-electron chi connectivity index (χ1n) is 6.32. The molecule has 0 aliphatic carbocycles. The van der Waals surface area contributed by atoms with Gasteiger partial charge in [0.15, 0.2) is 22.9 Å². The lowest BCUT2D eigenvalue weighted by Gasteiger charge is -2.18. The van der Waals surface area contributed by atoms with Gasteiger partial charge in [-0.25, -0.2) is 0 Å². The topological polar surface area (TPSA) is 53.5 Å². The number of alkyl halides is 2. The number of fused-ring (bicyclic) bond motifs is 1. The van der Waals surface area contributed by atoms with Crippen LogP contribution in [-0.2, 0) is 4.74 Å². The van der Waals surface area contributed by atoms with Crippen molar-refractivity contribution in [3.05, 3.63) is 23.5 Å². The molecule has 3 rings (SSSR count). The Balaban J connectivity index is 2.07. The molecular formula is C13H11ClF2N2O3. The van der Waals surface area contributed by atoms with Crippen LogP contribution in [0, 0.1) is 0 Å². The Kier molecular flexibility index (Phi) is 4.03. The summed E-state index contributed by atoms with van der Waals surface area (Å²) in [5.41, 5.74) is 0. The number of nitrogens with zero attached hydrogens (tertiary/aromatic N) is 2. The summed E-state index contributed by atoms with van der Waals surface area (Å²) in [6, 6.07) is 2.90. The van der Waals surface area contributed by atoms with Crippen molar-refractivity contribution < 1.29 is 23.0 Å². The summed E-state index contributed by atoms with van der Waals surface area (Å²) in [6.07, 6.45) is 2.42. The van der Waals surface area contributed by atoms with Crippen LogP contribution in [0.2, 0.25) is 5.15 Å². The number of ether oxygens (including phenoxy) is 3. The van der Waals surface area contributed by atoms with Gasteiger partial charge in [0.1, 0.15) is 0 Å². The molecule has 0 spiro atoms. The van der Waals surface area contributed by atoms with E-state index in [-0.39, 0.29) is 16.7 Å². The zero-order valence-electron chi connectivity index (χ0n) is 10.8. The van der Waals surface area contributed by atoms with Gasteiger partial charge in [-0.05, 0) is 18.6 Å². The number of halogens is 3. The zero-order valence-corrected chi connectivity index (χ0v) is 11.5. The molecule has 1 aromatic carbocycles. The highest BCUT2D eigenvalue weighted by Crippen LogP contribution is 2.39.